The van der Waals surface area contributed by atoms with E-state index in [1.54, 1.807) is 9.80 Å². The number of nitrogens with one attached hydrogen (secondary N) is 1. The Labute approximate surface area is 197 Å². The van der Waals surface area contributed by atoms with E-state index in [4.69, 9.17) is 0 Å². The third-order valence-corrected chi connectivity index (χ3v) is 6.40. The molecule has 0 aliphatic carbocycles. The molecule has 6 nitrogen and oxygen atoms in total. The maximum absolute atomic E-state index is 13.4. The number of carbonyl (C=O) groups excluding carboxylic acids is 3. The summed E-state index contributed by atoms with van der Waals surface area (Å²) in [6.07, 6.45) is 1.89. The van der Waals surface area contributed by atoms with Crippen molar-refractivity contribution in [3.05, 3.63) is 59.7 Å². The number of aryl methyl sites for hydroxylation is 1. The maximum Gasteiger partial charge on any atom is 0.244 e. The average Bonchev–Trinajstić information content (AvgIpc) is 3.20. The summed E-state index contributed by atoms with van der Waals surface area (Å²) < 4.78 is 0. The Bertz CT molecular complexity index is 1000. The van der Waals surface area contributed by atoms with Gasteiger partial charge in [0.05, 0.1) is 12.5 Å². The zero-order valence-electron chi connectivity index (χ0n) is 20.1. The number of amides is 3. The molecule has 0 spiro atoms. The number of para-hydroxylation sites is 2. The maximum atomic E-state index is 13.4. The SMILES string of the molecule is CCCN(CC(=O)Nc1ccccc1C)C(=O)[C@@H]1CC(=O)N(c2ccccc2[C@@H](C)CC)C1. The third-order valence-electron chi connectivity index (χ3n) is 6.40. The van der Waals surface area contributed by atoms with Crippen LogP contribution in [-0.4, -0.2) is 42.3 Å². The molecule has 2 atom stereocenters. The minimum atomic E-state index is -0.444. The fourth-order valence-electron chi connectivity index (χ4n) is 4.35. The Kier molecular flexibility index (Phi) is 8.26. The lowest BCUT2D eigenvalue weighted by Crippen LogP contribution is -2.42. The van der Waals surface area contributed by atoms with Gasteiger partial charge in [-0.05, 0) is 48.9 Å². The second-order valence-electron chi connectivity index (χ2n) is 8.90. The number of anilines is 2. The highest BCUT2D eigenvalue weighted by molar-refractivity contribution is 6.02. The van der Waals surface area contributed by atoms with Crippen LogP contribution in [0, 0.1) is 12.8 Å². The summed E-state index contributed by atoms with van der Waals surface area (Å²) in [5.41, 5.74) is 3.74. The van der Waals surface area contributed by atoms with E-state index in [2.05, 4.69) is 25.2 Å². The molecule has 2 aromatic rings. The molecule has 3 amide bonds. The van der Waals surface area contributed by atoms with Gasteiger partial charge in [-0.15, -0.1) is 0 Å². The van der Waals surface area contributed by atoms with E-state index in [0.717, 1.165) is 35.3 Å². The van der Waals surface area contributed by atoms with Crippen LogP contribution in [0.2, 0.25) is 0 Å². The molecule has 0 saturated carbocycles. The predicted octanol–water partition coefficient (Wildman–Crippen LogP) is 4.74. The summed E-state index contributed by atoms with van der Waals surface area (Å²) in [7, 11) is 0. The molecular weight excluding hydrogens is 414 g/mol. The molecule has 176 valence electrons. The van der Waals surface area contributed by atoms with Crippen molar-refractivity contribution in [2.24, 2.45) is 5.92 Å². The summed E-state index contributed by atoms with van der Waals surface area (Å²) in [6.45, 7) is 9.00. The standard InChI is InChI=1S/C27H35N3O3/c1-5-15-29(18-25(31)28-23-13-9-7-11-20(23)4)27(33)21-16-26(32)30(17-21)24-14-10-8-12-22(24)19(3)6-2/h7-14,19,21H,5-6,15-18H2,1-4H3,(H,28,31)/t19-,21+/m0/s1. The fraction of sp³-hybridized carbons (Fsp3) is 0.444. The lowest BCUT2D eigenvalue weighted by Gasteiger charge is -2.26. The molecule has 1 N–H and O–H groups in total. The Morgan fingerprint density at radius 2 is 1.82 bits per heavy atom. The zero-order chi connectivity index (χ0) is 24.0. The van der Waals surface area contributed by atoms with Crippen molar-refractivity contribution in [3.63, 3.8) is 0 Å². The Morgan fingerprint density at radius 3 is 2.52 bits per heavy atom. The molecular formula is C27H35N3O3. The van der Waals surface area contributed by atoms with Gasteiger partial charge in [0.25, 0.3) is 0 Å². The summed E-state index contributed by atoms with van der Waals surface area (Å²) in [4.78, 5) is 42.3. The van der Waals surface area contributed by atoms with Gasteiger partial charge >= 0.3 is 0 Å². The lowest BCUT2D eigenvalue weighted by molar-refractivity contribution is -0.138. The number of benzene rings is 2. The molecule has 0 unspecified atom stereocenters. The summed E-state index contributed by atoms with van der Waals surface area (Å²) in [6, 6.07) is 15.5. The van der Waals surface area contributed by atoms with Gasteiger partial charge in [-0.3, -0.25) is 14.4 Å². The van der Waals surface area contributed by atoms with Crippen LogP contribution in [0.25, 0.3) is 0 Å². The molecule has 0 radical (unpaired) electrons. The molecule has 2 aromatic carbocycles. The molecule has 6 heteroatoms. The van der Waals surface area contributed by atoms with Gasteiger partial charge in [0.15, 0.2) is 0 Å². The molecule has 1 saturated heterocycles. The summed E-state index contributed by atoms with van der Waals surface area (Å²) >= 11 is 0. The van der Waals surface area contributed by atoms with E-state index in [1.165, 1.54) is 0 Å². The second-order valence-corrected chi connectivity index (χ2v) is 8.90. The molecule has 0 aromatic heterocycles. The van der Waals surface area contributed by atoms with Crippen LogP contribution in [0.4, 0.5) is 11.4 Å². The first kappa shape index (κ1) is 24.5. The molecule has 1 aliphatic rings. The highest BCUT2D eigenvalue weighted by Crippen LogP contribution is 2.34. The Hall–Kier alpha value is -3.15. The quantitative estimate of drug-likeness (QED) is 0.601. The van der Waals surface area contributed by atoms with Gasteiger partial charge in [-0.1, -0.05) is 57.2 Å². The largest absolute Gasteiger partial charge is 0.333 e. The van der Waals surface area contributed by atoms with Crippen molar-refractivity contribution in [1.29, 1.82) is 0 Å². The zero-order valence-corrected chi connectivity index (χ0v) is 20.1. The van der Waals surface area contributed by atoms with Gasteiger partial charge in [-0.25, -0.2) is 0 Å². The molecule has 0 bridgehead atoms. The van der Waals surface area contributed by atoms with Crippen molar-refractivity contribution in [2.75, 3.05) is 29.9 Å². The minimum Gasteiger partial charge on any atom is -0.333 e. The van der Waals surface area contributed by atoms with Crippen LogP contribution >= 0.6 is 0 Å². The molecule has 1 aliphatic heterocycles. The lowest BCUT2D eigenvalue weighted by atomic mass is 9.96. The van der Waals surface area contributed by atoms with Crippen LogP contribution in [0.15, 0.2) is 48.5 Å². The van der Waals surface area contributed by atoms with Crippen molar-refractivity contribution in [1.82, 2.24) is 4.90 Å². The number of nitrogens with zero attached hydrogens (tertiary/aromatic N) is 2. The van der Waals surface area contributed by atoms with Crippen LogP contribution in [0.1, 0.15) is 57.1 Å². The molecule has 33 heavy (non-hydrogen) atoms. The van der Waals surface area contributed by atoms with Gasteiger partial charge in [0.2, 0.25) is 17.7 Å². The fourth-order valence-corrected chi connectivity index (χ4v) is 4.35. The topological polar surface area (TPSA) is 69.7 Å². The first-order valence-electron chi connectivity index (χ1n) is 11.9. The molecule has 1 heterocycles. The van der Waals surface area contributed by atoms with E-state index in [-0.39, 0.29) is 30.7 Å². The van der Waals surface area contributed by atoms with Crippen LogP contribution in [-0.2, 0) is 14.4 Å². The highest BCUT2D eigenvalue weighted by Gasteiger charge is 2.38. The van der Waals surface area contributed by atoms with Crippen LogP contribution < -0.4 is 10.2 Å². The normalized spacial score (nSPS) is 16.5. The van der Waals surface area contributed by atoms with Crippen molar-refractivity contribution in [3.8, 4) is 0 Å². The van der Waals surface area contributed by atoms with Gasteiger partial charge in [-0.2, -0.15) is 0 Å². The number of rotatable bonds is 9. The summed E-state index contributed by atoms with van der Waals surface area (Å²) in [5, 5.41) is 2.90. The van der Waals surface area contributed by atoms with Gasteiger partial charge < -0.3 is 15.1 Å². The van der Waals surface area contributed by atoms with E-state index in [0.29, 0.717) is 19.0 Å². The van der Waals surface area contributed by atoms with Gasteiger partial charge in [0, 0.05) is 30.9 Å². The number of hydrogen-bond acceptors (Lipinski definition) is 3. The highest BCUT2D eigenvalue weighted by atomic mass is 16.2. The van der Waals surface area contributed by atoms with E-state index in [9.17, 15) is 14.4 Å². The first-order valence-corrected chi connectivity index (χ1v) is 11.9. The van der Waals surface area contributed by atoms with Crippen LogP contribution in [0.5, 0.6) is 0 Å². The van der Waals surface area contributed by atoms with Crippen molar-refractivity contribution in [2.45, 2.75) is 52.9 Å². The Morgan fingerprint density at radius 1 is 1.12 bits per heavy atom. The molecule has 1 fully saturated rings. The Balaban J connectivity index is 1.71. The smallest absolute Gasteiger partial charge is 0.244 e. The summed E-state index contributed by atoms with van der Waals surface area (Å²) in [5.74, 6) is -0.515. The number of carbonyl (C=O) groups is 3. The van der Waals surface area contributed by atoms with Crippen molar-refractivity contribution < 1.29 is 14.4 Å². The van der Waals surface area contributed by atoms with Crippen molar-refractivity contribution >= 4 is 29.1 Å². The molecule has 3 rings (SSSR count). The van der Waals surface area contributed by atoms with E-state index >= 15 is 0 Å². The van der Waals surface area contributed by atoms with Crippen LogP contribution in [0.3, 0.4) is 0 Å². The number of hydrogen-bond donors (Lipinski definition) is 1. The monoisotopic (exact) mass is 449 g/mol. The van der Waals surface area contributed by atoms with E-state index < -0.39 is 5.92 Å². The second kappa shape index (κ2) is 11.1. The third kappa shape index (κ3) is 5.81. The predicted molar refractivity (Wildman–Crippen MR) is 132 cm³/mol. The first-order chi connectivity index (χ1) is 15.8. The van der Waals surface area contributed by atoms with E-state index in [1.807, 2.05) is 56.3 Å². The average molecular weight is 450 g/mol. The van der Waals surface area contributed by atoms with Gasteiger partial charge in [0.1, 0.15) is 0 Å². The minimum absolute atomic E-state index is 0.0187.